The Labute approximate surface area is 193 Å². The van der Waals surface area contributed by atoms with Gasteiger partial charge in [0, 0.05) is 17.3 Å². The number of aryl methyl sites for hydroxylation is 1. The molecule has 0 aliphatic carbocycles. The molecule has 1 aliphatic heterocycles. The van der Waals surface area contributed by atoms with E-state index in [0.717, 1.165) is 5.56 Å². The molecule has 3 rings (SSSR count). The molecule has 32 heavy (non-hydrogen) atoms. The summed E-state index contributed by atoms with van der Waals surface area (Å²) in [6, 6.07) is 12.5. The molecule has 0 radical (unpaired) electrons. The lowest BCUT2D eigenvalue weighted by Crippen LogP contribution is -2.51. The van der Waals surface area contributed by atoms with Gasteiger partial charge in [0.25, 0.3) is 0 Å². The number of hydrogen-bond donors (Lipinski definition) is 4. The maximum Gasteiger partial charge on any atom is 0.319 e. The minimum atomic E-state index is -3.71. The van der Waals surface area contributed by atoms with Crippen molar-refractivity contribution in [1.82, 2.24) is 10.0 Å². The Bertz CT molecular complexity index is 999. The number of amides is 2. The van der Waals surface area contributed by atoms with E-state index in [2.05, 4.69) is 15.4 Å². The van der Waals surface area contributed by atoms with Crippen LogP contribution < -0.4 is 15.4 Å². The molecule has 1 aliphatic rings. The van der Waals surface area contributed by atoms with Crippen LogP contribution in [0.1, 0.15) is 24.8 Å². The minimum Gasteiger partial charge on any atom is -0.394 e. The van der Waals surface area contributed by atoms with Crippen molar-refractivity contribution in [2.45, 2.75) is 49.3 Å². The number of nitrogens with one attached hydrogen (secondary N) is 3. The average molecular weight is 482 g/mol. The first-order chi connectivity index (χ1) is 15.3. The molecule has 10 heteroatoms. The van der Waals surface area contributed by atoms with Crippen LogP contribution in [0, 0.1) is 6.92 Å². The van der Waals surface area contributed by atoms with E-state index in [1.54, 1.807) is 48.5 Å². The Hall–Kier alpha value is -2.17. The number of hydrogen-bond acceptors (Lipinski definition) is 5. The number of rotatable bonds is 8. The topological polar surface area (TPSA) is 117 Å². The molecule has 3 atom stereocenters. The molecule has 2 aromatic rings. The smallest absolute Gasteiger partial charge is 0.319 e. The molecular formula is C22H28ClN3O5S. The summed E-state index contributed by atoms with van der Waals surface area (Å²) >= 11 is 5.83. The minimum absolute atomic E-state index is 0.179. The van der Waals surface area contributed by atoms with Crippen molar-refractivity contribution in [3.63, 3.8) is 0 Å². The van der Waals surface area contributed by atoms with Crippen molar-refractivity contribution < 1.29 is 23.1 Å². The van der Waals surface area contributed by atoms with E-state index in [0.29, 0.717) is 36.5 Å². The Kier molecular flexibility index (Phi) is 8.50. The zero-order valence-electron chi connectivity index (χ0n) is 17.8. The molecule has 2 amide bonds. The lowest BCUT2D eigenvalue weighted by Gasteiger charge is -2.36. The summed E-state index contributed by atoms with van der Waals surface area (Å²) in [5.41, 5.74) is 1.60. The highest BCUT2D eigenvalue weighted by molar-refractivity contribution is 7.89. The van der Waals surface area contributed by atoms with Gasteiger partial charge in [0.1, 0.15) is 0 Å². The first-order valence-electron chi connectivity index (χ1n) is 10.4. The third-order valence-electron chi connectivity index (χ3n) is 5.29. The number of urea groups is 1. The molecule has 1 saturated heterocycles. The van der Waals surface area contributed by atoms with Gasteiger partial charge < -0.3 is 20.5 Å². The fourth-order valence-corrected chi connectivity index (χ4v) is 4.94. The summed E-state index contributed by atoms with van der Waals surface area (Å²) < 4.78 is 33.9. The van der Waals surface area contributed by atoms with Gasteiger partial charge in [-0.1, -0.05) is 29.3 Å². The van der Waals surface area contributed by atoms with Crippen LogP contribution in [0.2, 0.25) is 5.02 Å². The number of anilines is 1. The monoisotopic (exact) mass is 481 g/mol. The largest absolute Gasteiger partial charge is 0.394 e. The molecule has 0 saturated carbocycles. The number of carbonyl (C=O) groups is 1. The van der Waals surface area contributed by atoms with Gasteiger partial charge in [-0.05, 0) is 62.6 Å². The van der Waals surface area contributed by atoms with E-state index < -0.39 is 22.2 Å². The third-order valence-corrected chi connectivity index (χ3v) is 7.05. The first kappa shape index (κ1) is 24.5. The predicted molar refractivity (Wildman–Crippen MR) is 123 cm³/mol. The highest BCUT2D eigenvalue weighted by atomic mass is 35.5. The van der Waals surface area contributed by atoms with E-state index in [-0.39, 0.29) is 23.6 Å². The SMILES string of the molecule is Cc1ccc(S(=O)(=O)N[C@H]2CC[C@H](CCNC(=O)Nc3ccc(Cl)cc3)O[C@@H]2CO)cc1. The number of halogens is 1. The molecule has 0 aromatic heterocycles. The second-order valence-electron chi connectivity index (χ2n) is 7.77. The Morgan fingerprint density at radius 3 is 2.47 bits per heavy atom. The predicted octanol–water partition coefficient (Wildman–Crippen LogP) is 3.05. The lowest BCUT2D eigenvalue weighted by atomic mass is 9.98. The van der Waals surface area contributed by atoms with Gasteiger partial charge in [-0.3, -0.25) is 0 Å². The van der Waals surface area contributed by atoms with Gasteiger partial charge in [-0.25, -0.2) is 17.9 Å². The van der Waals surface area contributed by atoms with Crippen molar-refractivity contribution in [3.8, 4) is 0 Å². The fourth-order valence-electron chi connectivity index (χ4n) is 3.52. The van der Waals surface area contributed by atoms with Gasteiger partial charge in [-0.15, -0.1) is 0 Å². The summed E-state index contributed by atoms with van der Waals surface area (Å²) in [5, 5.41) is 15.8. The number of benzene rings is 2. The third kappa shape index (κ3) is 6.91. The standard InChI is InChI=1S/C22H28ClN3O5S/c1-15-2-9-19(10-3-15)32(29,30)26-20-11-8-18(31-21(20)14-27)12-13-24-22(28)25-17-6-4-16(23)5-7-17/h2-7,9-10,18,20-21,26-27H,8,11-14H2,1H3,(H2,24,25,28)/t18-,20+,21-/m1/s1. The van der Waals surface area contributed by atoms with Crippen molar-refractivity contribution in [1.29, 1.82) is 0 Å². The second-order valence-corrected chi connectivity index (χ2v) is 9.92. The van der Waals surface area contributed by atoms with Crippen LogP contribution >= 0.6 is 11.6 Å². The van der Waals surface area contributed by atoms with Crippen LogP contribution in [0.4, 0.5) is 10.5 Å². The van der Waals surface area contributed by atoms with E-state index in [1.807, 2.05) is 6.92 Å². The van der Waals surface area contributed by atoms with E-state index in [1.165, 1.54) is 0 Å². The maximum absolute atomic E-state index is 12.7. The van der Waals surface area contributed by atoms with Crippen LogP contribution in [0.25, 0.3) is 0 Å². The molecule has 8 nitrogen and oxygen atoms in total. The molecule has 1 fully saturated rings. The van der Waals surface area contributed by atoms with E-state index >= 15 is 0 Å². The van der Waals surface area contributed by atoms with Crippen LogP contribution in [0.3, 0.4) is 0 Å². The molecule has 0 bridgehead atoms. The summed E-state index contributed by atoms with van der Waals surface area (Å²) in [6.45, 7) is 1.96. The molecule has 4 N–H and O–H groups in total. The number of sulfonamides is 1. The zero-order chi connectivity index (χ0) is 23.1. The number of aliphatic hydroxyl groups excluding tert-OH is 1. The van der Waals surface area contributed by atoms with Crippen molar-refractivity contribution in [3.05, 3.63) is 59.1 Å². The van der Waals surface area contributed by atoms with Gasteiger partial charge in [0.05, 0.1) is 29.8 Å². The molecule has 0 spiro atoms. The number of aliphatic hydroxyl groups is 1. The zero-order valence-corrected chi connectivity index (χ0v) is 19.3. The summed E-state index contributed by atoms with van der Waals surface area (Å²) in [4.78, 5) is 12.2. The highest BCUT2D eigenvalue weighted by Crippen LogP contribution is 2.23. The molecule has 0 unspecified atom stereocenters. The van der Waals surface area contributed by atoms with Gasteiger partial charge in [0.15, 0.2) is 0 Å². The Morgan fingerprint density at radius 1 is 1.12 bits per heavy atom. The fraction of sp³-hybridized carbons (Fsp3) is 0.409. The van der Waals surface area contributed by atoms with Gasteiger partial charge in [-0.2, -0.15) is 0 Å². The van der Waals surface area contributed by atoms with Crippen molar-refractivity contribution in [2.24, 2.45) is 0 Å². The maximum atomic E-state index is 12.7. The Morgan fingerprint density at radius 2 is 1.81 bits per heavy atom. The highest BCUT2D eigenvalue weighted by Gasteiger charge is 2.33. The Balaban J connectivity index is 1.46. The van der Waals surface area contributed by atoms with Crippen molar-refractivity contribution >= 4 is 33.3 Å². The summed E-state index contributed by atoms with van der Waals surface area (Å²) in [6.07, 6.45) is 0.831. The number of carbonyl (C=O) groups excluding carboxylic acids is 1. The molecule has 174 valence electrons. The van der Waals surface area contributed by atoms with Crippen LogP contribution in [-0.4, -0.2) is 51.0 Å². The summed E-state index contributed by atoms with van der Waals surface area (Å²) in [5.74, 6) is 0. The van der Waals surface area contributed by atoms with Gasteiger partial charge >= 0.3 is 6.03 Å². The molecule has 2 aromatic carbocycles. The van der Waals surface area contributed by atoms with Crippen molar-refractivity contribution in [2.75, 3.05) is 18.5 Å². The molecular weight excluding hydrogens is 454 g/mol. The van der Waals surface area contributed by atoms with Gasteiger partial charge in [0.2, 0.25) is 10.0 Å². The first-order valence-corrected chi connectivity index (χ1v) is 12.3. The van der Waals surface area contributed by atoms with E-state index in [9.17, 15) is 18.3 Å². The second kappa shape index (κ2) is 11.1. The average Bonchev–Trinajstić information content (AvgIpc) is 2.76. The normalized spacial score (nSPS) is 21.2. The summed E-state index contributed by atoms with van der Waals surface area (Å²) in [7, 11) is -3.71. The quantitative estimate of drug-likeness (QED) is 0.462. The van der Waals surface area contributed by atoms with Crippen LogP contribution in [0.15, 0.2) is 53.4 Å². The lowest BCUT2D eigenvalue weighted by molar-refractivity contribution is -0.0871. The van der Waals surface area contributed by atoms with Crippen LogP contribution in [0.5, 0.6) is 0 Å². The molecule has 1 heterocycles. The van der Waals surface area contributed by atoms with E-state index in [4.69, 9.17) is 16.3 Å². The number of ether oxygens (including phenoxy) is 1. The van der Waals surface area contributed by atoms with Crippen LogP contribution in [-0.2, 0) is 14.8 Å².